The lowest BCUT2D eigenvalue weighted by molar-refractivity contribution is 0.674. The second-order valence-electron chi connectivity index (χ2n) is 16.5. The van der Waals surface area contributed by atoms with E-state index in [2.05, 4.69) is 264 Å². The van der Waals surface area contributed by atoms with E-state index in [0.717, 1.165) is 83.5 Å². The summed E-state index contributed by atoms with van der Waals surface area (Å²) in [6, 6.07) is 91.0. The SMILES string of the molecule is c1ccc(-c2ccc(N(c3ccc(-c4ccccc4)cc3)c3ccc(-c4ccc(-n5c6ccc(-c7ccccc7)cc6c6oc7c(-c8ccccc8)cccc7c65)cc4)cc3)cc2)cc1. The van der Waals surface area contributed by atoms with Crippen LogP contribution in [0.15, 0.2) is 259 Å². The summed E-state index contributed by atoms with van der Waals surface area (Å²) in [6.07, 6.45) is 0. The number of para-hydroxylation sites is 1. The zero-order valence-electron chi connectivity index (χ0n) is 35.6. The zero-order chi connectivity index (χ0) is 43.1. The molecular weight excluding hydrogens is 789 g/mol. The second kappa shape index (κ2) is 16.2. The number of aromatic nitrogens is 1. The molecule has 0 atom stereocenters. The van der Waals surface area contributed by atoms with Gasteiger partial charge >= 0.3 is 0 Å². The van der Waals surface area contributed by atoms with Gasteiger partial charge in [0, 0.05) is 39.1 Å². The summed E-state index contributed by atoms with van der Waals surface area (Å²) >= 11 is 0. The predicted octanol–water partition coefficient (Wildman–Crippen LogP) is 17.3. The van der Waals surface area contributed by atoms with Gasteiger partial charge in [-0.2, -0.15) is 0 Å². The standard InChI is InChI=1S/C62H42N2O/c1-5-14-43(15-6-1)46-24-33-52(34-25-46)63(53-35-26-47(27-36-53)44-16-7-2-8-17-44)54-37-28-48(29-38-54)49-30-39-55(40-31-49)64-59-41-32-51(45-18-9-3-10-19-45)42-58(59)62-60(64)57-23-13-22-56(61(57)65-62)50-20-11-4-12-21-50/h1-42H. The van der Waals surface area contributed by atoms with Gasteiger partial charge in [-0.15, -0.1) is 0 Å². The molecule has 12 aromatic rings. The Morgan fingerprint density at radius 3 is 1.17 bits per heavy atom. The third kappa shape index (κ3) is 6.97. The molecular formula is C62H42N2O. The van der Waals surface area contributed by atoms with E-state index in [1.165, 1.54) is 27.8 Å². The molecule has 10 aromatic carbocycles. The van der Waals surface area contributed by atoms with Crippen LogP contribution >= 0.6 is 0 Å². The fourth-order valence-electron chi connectivity index (χ4n) is 9.39. The Kier molecular flexibility index (Phi) is 9.50. The minimum Gasteiger partial charge on any atom is -0.453 e. The molecule has 0 aliphatic heterocycles. The van der Waals surface area contributed by atoms with Gasteiger partial charge in [0.25, 0.3) is 0 Å². The maximum Gasteiger partial charge on any atom is 0.161 e. The van der Waals surface area contributed by atoms with Crippen molar-refractivity contribution in [3.05, 3.63) is 255 Å². The summed E-state index contributed by atoms with van der Waals surface area (Å²) in [6.45, 7) is 0. The van der Waals surface area contributed by atoms with Crippen LogP contribution in [-0.4, -0.2) is 4.57 Å². The fourth-order valence-corrected chi connectivity index (χ4v) is 9.39. The Morgan fingerprint density at radius 1 is 0.292 bits per heavy atom. The molecule has 0 saturated heterocycles. The molecule has 0 saturated carbocycles. The first kappa shape index (κ1) is 38.0. The molecule has 0 unspecified atom stereocenters. The lowest BCUT2D eigenvalue weighted by Gasteiger charge is -2.26. The van der Waals surface area contributed by atoms with Crippen LogP contribution in [0.3, 0.4) is 0 Å². The molecule has 2 heterocycles. The Labute approximate surface area is 378 Å². The van der Waals surface area contributed by atoms with Crippen molar-refractivity contribution < 1.29 is 4.42 Å². The maximum absolute atomic E-state index is 6.96. The van der Waals surface area contributed by atoms with Crippen molar-refractivity contribution in [3.63, 3.8) is 0 Å². The van der Waals surface area contributed by atoms with Crippen LogP contribution in [0.2, 0.25) is 0 Å². The molecule has 0 N–H and O–H groups in total. The highest BCUT2D eigenvalue weighted by Gasteiger charge is 2.22. The van der Waals surface area contributed by atoms with Gasteiger partial charge in [-0.3, -0.25) is 0 Å². The molecule has 0 spiro atoms. The number of benzene rings is 10. The van der Waals surface area contributed by atoms with Crippen molar-refractivity contribution in [2.75, 3.05) is 4.90 Å². The molecule has 0 amide bonds. The zero-order valence-corrected chi connectivity index (χ0v) is 35.6. The summed E-state index contributed by atoms with van der Waals surface area (Å²) in [4.78, 5) is 2.33. The summed E-state index contributed by atoms with van der Waals surface area (Å²) in [5.41, 5.74) is 20.0. The van der Waals surface area contributed by atoms with Crippen LogP contribution in [-0.2, 0) is 0 Å². The minimum atomic E-state index is 0.893. The molecule has 3 heteroatoms. The molecule has 0 radical (unpaired) electrons. The lowest BCUT2D eigenvalue weighted by atomic mass is 10.0. The number of fused-ring (bicyclic) bond motifs is 5. The molecule has 12 rings (SSSR count). The number of nitrogens with zero attached hydrogens (tertiary/aromatic N) is 2. The molecule has 0 bridgehead atoms. The Hall–Kier alpha value is -8.66. The molecule has 0 aliphatic carbocycles. The van der Waals surface area contributed by atoms with E-state index in [1.807, 2.05) is 0 Å². The maximum atomic E-state index is 6.96. The summed E-state index contributed by atoms with van der Waals surface area (Å²) in [5.74, 6) is 0. The summed E-state index contributed by atoms with van der Waals surface area (Å²) < 4.78 is 9.33. The van der Waals surface area contributed by atoms with E-state index < -0.39 is 0 Å². The summed E-state index contributed by atoms with van der Waals surface area (Å²) in [7, 11) is 0. The van der Waals surface area contributed by atoms with Gasteiger partial charge in [0.05, 0.1) is 5.52 Å². The molecule has 3 nitrogen and oxygen atoms in total. The highest BCUT2D eigenvalue weighted by molar-refractivity contribution is 6.19. The topological polar surface area (TPSA) is 21.3 Å². The van der Waals surface area contributed by atoms with E-state index in [0.29, 0.717) is 0 Å². The van der Waals surface area contributed by atoms with Crippen molar-refractivity contribution in [2.45, 2.75) is 0 Å². The first-order valence-electron chi connectivity index (χ1n) is 22.2. The first-order chi connectivity index (χ1) is 32.2. The molecule has 2 aromatic heterocycles. The van der Waals surface area contributed by atoms with E-state index in [-0.39, 0.29) is 0 Å². The van der Waals surface area contributed by atoms with Gasteiger partial charge in [0.15, 0.2) is 5.58 Å². The molecule has 0 fully saturated rings. The van der Waals surface area contributed by atoms with Gasteiger partial charge < -0.3 is 13.9 Å². The first-order valence-corrected chi connectivity index (χ1v) is 22.2. The highest BCUT2D eigenvalue weighted by atomic mass is 16.3. The van der Waals surface area contributed by atoms with Gasteiger partial charge in [0.1, 0.15) is 11.1 Å². The summed E-state index contributed by atoms with van der Waals surface area (Å²) in [5, 5.41) is 2.18. The number of hydrogen-bond donors (Lipinski definition) is 0. The number of furan rings is 1. The normalized spacial score (nSPS) is 11.4. The van der Waals surface area contributed by atoms with Crippen molar-refractivity contribution in [3.8, 4) is 61.3 Å². The lowest BCUT2D eigenvalue weighted by Crippen LogP contribution is -2.09. The highest BCUT2D eigenvalue weighted by Crippen LogP contribution is 2.44. The van der Waals surface area contributed by atoms with Crippen LogP contribution in [0.25, 0.3) is 94.3 Å². The van der Waals surface area contributed by atoms with Gasteiger partial charge in [-0.05, 0) is 117 Å². The molecule has 0 aliphatic rings. The molecule has 306 valence electrons. The van der Waals surface area contributed by atoms with Gasteiger partial charge in [-0.1, -0.05) is 188 Å². The number of rotatable bonds is 9. The number of hydrogen-bond acceptors (Lipinski definition) is 2. The van der Waals surface area contributed by atoms with Crippen molar-refractivity contribution in [1.29, 1.82) is 0 Å². The van der Waals surface area contributed by atoms with Crippen LogP contribution in [0.4, 0.5) is 17.1 Å². The fraction of sp³-hybridized carbons (Fsp3) is 0. The average molecular weight is 831 g/mol. The van der Waals surface area contributed by atoms with Gasteiger partial charge in [-0.25, -0.2) is 0 Å². The van der Waals surface area contributed by atoms with Crippen LogP contribution in [0, 0.1) is 0 Å². The van der Waals surface area contributed by atoms with Crippen LogP contribution in [0.1, 0.15) is 0 Å². The van der Waals surface area contributed by atoms with E-state index in [1.54, 1.807) is 0 Å². The van der Waals surface area contributed by atoms with Crippen molar-refractivity contribution in [1.82, 2.24) is 4.57 Å². The Morgan fingerprint density at radius 2 is 0.692 bits per heavy atom. The van der Waals surface area contributed by atoms with Gasteiger partial charge in [0.2, 0.25) is 0 Å². The van der Waals surface area contributed by atoms with Crippen molar-refractivity contribution >= 4 is 50.0 Å². The van der Waals surface area contributed by atoms with E-state index in [9.17, 15) is 0 Å². The smallest absolute Gasteiger partial charge is 0.161 e. The number of anilines is 3. The minimum absolute atomic E-state index is 0.893. The van der Waals surface area contributed by atoms with Crippen LogP contribution in [0.5, 0.6) is 0 Å². The monoisotopic (exact) mass is 830 g/mol. The van der Waals surface area contributed by atoms with E-state index >= 15 is 0 Å². The third-order valence-electron chi connectivity index (χ3n) is 12.6. The van der Waals surface area contributed by atoms with Crippen molar-refractivity contribution in [2.24, 2.45) is 0 Å². The molecule has 65 heavy (non-hydrogen) atoms. The largest absolute Gasteiger partial charge is 0.453 e. The van der Waals surface area contributed by atoms with Crippen LogP contribution < -0.4 is 4.90 Å². The Balaban J connectivity index is 0.921. The predicted molar refractivity (Wildman–Crippen MR) is 272 cm³/mol. The third-order valence-corrected chi connectivity index (χ3v) is 12.6. The van der Waals surface area contributed by atoms with E-state index in [4.69, 9.17) is 4.42 Å². The second-order valence-corrected chi connectivity index (χ2v) is 16.5. The quantitative estimate of drug-likeness (QED) is 0.144. The Bertz CT molecular complexity index is 3490. The average Bonchev–Trinajstić information content (AvgIpc) is 3.93.